The lowest BCUT2D eigenvalue weighted by Gasteiger charge is -2.00. The van der Waals surface area contributed by atoms with Crippen LogP contribution < -0.4 is 5.32 Å². The van der Waals surface area contributed by atoms with Crippen molar-refractivity contribution in [2.45, 2.75) is 20.3 Å². The second kappa shape index (κ2) is 4.13. The molecule has 0 aliphatic heterocycles. The van der Waals surface area contributed by atoms with E-state index in [0.29, 0.717) is 0 Å². The Morgan fingerprint density at radius 2 is 2.14 bits per heavy atom. The van der Waals surface area contributed by atoms with Gasteiger partial charge in [-0.2, -0.15) is 0 Å². The summed E-state index contributed by atoms with van der Waals surface area (Å²) in [6.07, 6.45) is 1.29. The van der Waals surface area contributed by atoms with Gasteiger partial charge in [-0.05, 0) is 25.9 Å². The molecular weight excluding hydrogens is 86.1 g/mol. The first kappa shape index (κ1) is 6.96. The zero-order valence-electron chi connectivity index (χ0n) is 5.49. The summed E-state index contributed by atoms with van der Waals surface area (Å²) in [7, 11) is 1.99. The highest BCUT2D eigenvalue weighted by molar-refractivity contribution is 4.45. The molecule has 46 valence electrons. The Balaban J connectivity index is 0. The molecule has 0 atom stereocenters. The van der Waals surface area contributed by atoms with E-state index in [2.05, 4.69) is 19.2 Å². The average molecular weight is 103 g/mol. The van der Waals surface area contributed by atoms with Crippen LogP contribution in [-0.4, -0.2) is 13.6 Å². The third kappa shape index (κ3) is 5.96. The minimum Gasteiger partial charge on any atom is -0.320 e. The van der Waals surface area contributed by atoms with E-state index in [1.807, 2.05) is 7.05 Å². The number of hydrogen-bond acceptors (Lipinski definition) is 1. The molecule has 0 aliphatic rings. The fourth-order valence-electron chi connectivity index (χ4n) is 0.433. The van der Waals surface area contributed by atoms with Crippen LogP contribution in [0.4, 0.5) is 0 Å². The summed E-state index contributed by atoms with van der Waals surface area (Å²) in [6.45, 7) is 5.62. The summed E-state index contributed by atoms with van der Waals surface area (Å²) in [5.41, 5.74) is 0. The molecule has 1 heteroatoms. The Hall–Kier alpha value is -0.0400. The molecule has 0 radical (unpaired) electrons. The summed E-state index contributed by atoms with van der Waals surface area (Å²) < 4.78 is 0. The zero-order chi connectivity index (χ0) is 5.70. The van der Waals surface area contributed by atoms with Crippen LogP contribution in [0.15, 0.2) is 0 Å². The third-order valence-electron chi connectivity index (χ3n) is 0.972. The van der Waals surface area contributed by atoms with Crippen LogP contribution in [0, 0.1) is 5.92 Å². The van der Waals surface area contributed by atoms with Crippen molar-refractivity contribution in [2.24, 2.45) is 5.92 Å². The quantitative estimate of drug-likeness (QED) is 0.570. The monoisotopic (exact) mass is 103 g/mol. The van der Waals surface area contributed by atoms with Crippen molar-refractivity contribution in [1.82, 2.24) is 5.32 Å². The summed E-state index contributed by atoms with van der Waals surface area (Å²) in [4.78, 5) is 0. The predicted octanol–water partition coefficient (Wildman–Crippen LogP) is 1.50. The highest BCUT2D eigenvalue weighted by Crippen LogP contribution is 1.94. The summed E-state index contributed by atoms with van der Waals surface area (Å²) in [6, 6.07) is 0. The van der Waals surface area contributed by atoms with Crippen LogP contribution in [0.2, 0.25) is 0 Å². The second-order valence-corrected chi connectivity index (χ2v) is 2.29. The normalized spacial score (nSPS) is 10.3. The first-order chi connectivity index (χ1) is 3.27. The molecule has 0 saturated carbocycles. The van der Waals surface area contributed by atoms with Gasteiger partial charge in [0.25, 0.3) is 0 Å². The molecule has 0 aromatic rings. The Kier molecular flexibility index (Phi) is 4.10. The van der Waals surface area contributed by atoms with Gasteiger partial charge >= 0.3 is 0 Å². The van der Waals surface area contributed by atoms with Gasteiger partial charge in [-0.1, -0.05) is 13.8 Å². The lowest BCUT2D eigenvalue weighted by Crippen LogP contribution is -2.09. The molecule has 0 saturated heterocycles. The van der Waals surface area contributed by atoms with Crippen molar-refractivity contribution in [2.75, 3.05) is 13.6 Å². The lowest BCUT2D eigenvalue weighted by molar-refractivity contribution is 0.562. The van der Waals surface area contributed by atoms with Gasteiger partial charge < -0.3 is 5.32 Å². The molecular formula is C6H17N. The fraction of sp³-hybridized carbons (Fsp3) is 1.00. The van der Waals surface area contributed by atoms with Gasteiger partial charge in [-0.25, -0.2) is 0 Å². The summed E-state index contributed by atoms with van der Waals surface area (Å²) >= 11 is 0. The average Bonchev–Trinajstić information content (AvgIpc) is 1.61. The Morgan fingerprint density at radius 3 is 2.29 bits per heavy atom. The molecule has 0 heterocycles. The molecule has 0 aliphatic carbocycles. The van der Waals surface area contributed by atoms with E-state index in [4.69, 9.17) is 0 Å². The van der Waals surface area contributed by atoms with Gasteiger partial charge in [0, 0.05) is 1.43 Å². The van der Waals surface area contributed by atoms with Gasteiger partial charge in [-0.15, -0.1) is 0 Å². The Morgan fingerprint density at radius 1 is 1.57 bits per heavy atom. The standard InChI is InChI=1S/C6H15N.H2/c1-6(2)4-5-7-3;/h6-7H,4-5H2,1-3H3;1H. The van der Waals surface area contributed by atoms with E-state index in [1.54, 1.807) is 0 Å². The topological polar surface area (TPSA) is 12.0 Å². The van der Waals surface area contributed by atoms with Crippen molar-refractivity contribution in [3.05, 3.63) is 0 Å². The minimum absolute atomic E-state index is 0. The molecule has 0 fully saturated rings. The van der Waals surface area contributed by atoms with E-state index < -0.39 is 0 Å². The smallest absolute Gasteiger partial charge is 0 e. The van der Waals surface area contributed by atoms with E-state index in [-0.39, 0.29) is 1.43 Å². The SMILES string of the molecule is CNCCC(C)C.[HH]. The lowest BCUT2D eigenvalue weighted by atomic mass is 10.1. The maximum absolute atomic E-state index is 3.10. The zero-order valence-corrected chi connectivity index (χ0v) is 5.49. The van der Waals surface area contributed by atoms with Crippen LogP contribution in [0.5, 0.6) is 0 Å². The number of rotatable bonds is 3. The maximum atomic E-state index is 3.10. The second-order valence-electron chi connectivity index (χ2n) is 2.29. The molecule has 0 aromatic heterocycles. The van der Waals surface area contributed by atoms with Gasteiger partial charge in [0.15, 0.2) is 0 Å². The van der Waals surface area contributed by atoms with Crippen molar-refractivity contribution >= 4 is 0 Å². The summed E-state index contributed by atoms with van der Waals surface area (Å²) in [5, 5.41) is 3.10. The minimum atomic E-state index is 0. The Labute approximate surface area is 47.6 Å². The molecule has 0 amide bonds. The Bertz CT molecular complexity index is 37.5. The molecule has 7 heavy (non-hydrogen) atoms. The van der Waals surface area contributed by atoms with Gasteiger partial charge in [0.05, 0.1) is 0 Å². The molecule has 1 nitrogen and oxygen atoms in total. The highest BCUT2D eigenvalue weighted by Gasteiger charge is 1.88. The first-order valence-electron chi connectivity index (χ1n) is 2.92. The summed E-state index contributed by atoms with van der Waals surface area (Å²) in [5.74, 6) is 0.840. The van der Waals surface area contributed by atoms with Crippen LogP contribution in [0.1, 0.15) is 21.7 Å². The largest absolute Gasteiger partial charge is 0.320 e. The van der Waals surface area contributed by atoms with E-state index in [9.17, 15) is 0 Å². The van der Waals surface area contributed by atoms with Crippen LogP contribution >= 0.6 is 0 Å². The molecule has 0 aromatic carbocycles. The molecule has 0 rings (SSSR count). The van der Waals surface area contributed by atoms with E-state index >= 15 is 0 Å². The third-order valence-corrected chi connectivity index (χ3v) is 0.972. The fourth-order valence-corrected chi connectivity index (χ4v) is 0.433. The van der Waals surface area contributed by atoms with Crippen molar-refractivity contribution < 1.29 is 1.43 Å². The first-order valence-corrected chi connectivity index (χ1v) is 2.92. The molecule has 0 bridgehead atoms. The number of hydrogen-bond donors (Lipinski definition) is 1. The van der Waals surface area contributed by atoms with Gasteiger partial charge in [-0.3, -0.25) is 0 Å². The highest BCUT2D eigenvalue weighted by atomic mass is 14.8. The van der Waals surface area contributed by atoms with E-state index in [0.717, 1.165) is 12.5 Å². The van der Waals surface area contributed by atoms with Crippen LogP contribution in [0.25, 0.3) is 0 Å². The van der Waals surface area contributed by atoms with Crippen LogP contribution in [0.3, 0.4) is 0 Å². The van der Waals surface area contributed by atoms with Gasteiger partial charge in [0.2, 0.25) is 0 Å². The maximum Gasteiger partial charge on any atom is 0 e. The van der Waals surface area contributed by atoms with Gasteiger partial charge in [0.1, 0.15) is 0 Å². The van der Waals surface area contributed by atoms with Crippen molar-refractivity contribution in [3.8, 4) is 0 Å². The van der Waals surface area contributed by atoms with Crippen molar-refractivity contribution in [1.29, 1.82) is 0 Å². The molecule has 0 unspecified atom stereocenters. The predicted molar refractivity (Wildman–Crippen MR) is 35.5 cm³/mol. The van der Waals surface area contributed by atoms with E-state index in [1.165, 1.54) is 6.42 Å². The molecule has 0 spiro atoms. The number of nitrogens with one attached hydrogen (secondary N) is 1. The molecule has 1 N–H and O–H groups in total. The van der Waals surface area contributed by atoms with Crippen molar-refractivity contribution in [3.63, 3.8) is 0 Å². The van der Waals surface area contributed by atoms with Crippen LogP contribution in [-0.2, 0) is 0 Å².